The normalized spacial score (nSPS) is 11.2. The number of sulfonamides is 1. The largest absolute Gasteiger partial charge is 0.326 e. The van der Waals surface area contributed by atoms with Crippen molar-refractivity contribution in [3.63, 3.8) is 0 Å². The Bertz CT molecular complexity index is 659. The summed E-state index contributed by atoms with van der Waals surface area (Å²) in [6.07, 6.45) is 0.335. The van der Waals surface area contributed by atoms with E-state index in [2.05, 4.69) is 10.6 Å². The topological polar surface area (TPSA) is 78.5 Å². The molecular formula is C16H28ClN3O3S. The molecule has 0 radical (unpaired) electrons. The van der Waals surface area contributed by atoms with Crippen LogP contribution in [0.5, 0.6) is 0 Å². The highest BCUT2D eigenvalue weighted by Crippen LogP contribution is 2.26. The number of hydrogen-bond acceptors (Lipinski definition) is 4. The van der Waals surface area contributed by atoms with Crippen molar-refractivity contribution < 1.29 is 13.2 Å². The minimum absolute atomic E-state index is 0. The Balaban J connectivity index is 0.00000529. The Morgan fingerprint density at radius 1 is 1.17 bits per heavy atom. The van der Waals surface area contributed by atoms with Crippen molar-refractivity contribution in [1.82, 2.24) is 9.62 Å². The first-order valence-corrected chi connectivity index (χ1v) is 9.27. The van der Waals surface area contributed by atoms with E-state index in [4.69, 9.17) is 0 Å². The van der Waals surface area contributed by atoms with Crippen molar-refractivity contribution in [1.29, 1.82) is 0 Å². The summed E-state index contributed by atoms with van der Waals surface area (Å²) in [5.41, 5.74) is 2.26. The molecule has 1 aromatic carbocycles. The molecule has 0 aromatic heterocycles. The highest BCUT2D eigenvalue weighted by Gasteiger charge is 2.23. The van der Waals surface area contributed by atoms with Gasteiger partial charge in [0.1, 0.15) is 0 Å². The van der Waals surface area contributed by atoms with Gasteiger partial charge in [0.2, 0.25) is 15.9 Å². The van der Waals surface area contributed by atoms with Gasteiger partial charge in [-0.1, -0.05) is 13.8 Å². The Hall–Kier alpha value is -1.15. The van der Waals surface area contributed by atoms with Gasteiger partial charge in [-0.25, -0.2) is 8.42 Å². The lowest BCUT2D eigenvalue weighted by Gasteiger charge is -2.20. The SMILES string of the molecule is CCN(CC)S(=O)(=O)c1cc(C)c(C)c(NC(=O)CCNC)c1.Cl. The maximum absolute atomic E-state index is 12.7. The Morgan fingerprint density at radius 2 is 1.75 bits per heavy atom. The van der Waals surface area contributed by atoms with Crippen LogP contribution in [0, 0.1) is 13.8 Å². The van der Waals surface area contributed by atoms with Crippen LogP contribution in [-0.2, 0) is 14.8 Å². The van der Waals surface area contributed by atoms with Gasteiger partial charge in [-0.2, -0.15) is 4.31 Å². The van der Waals surface area contributed by atoms with Crippen molar-refractivity contribution in [3.8, 4) is 0 Å². The van der Waals surface area contributed by atoms with Crippen LogP contribution in [0.25, 0.3) is 0 Å². The molecule has 6 nitrogen and oxygen atoms in total. The summed E-state index contributed by atoms with van der Waals surface area (Å²) in [7, 11) is -1.77. The fourth-order valence-electron chi connectivity index (χ4n) is 2.27. The first-order chi connectivity index (χ1) is 10.8. The number of aryl methyl sites for hydroxylation is 1. The molecule has 0 aliphatic carbocycles. The predicted octanol–water partition coefficient (Wildman–Crippen LogP) is 2.30. The molecular weight excluding hydrogens is 350 g/mol. The number of halogens is 1. The van der Waals surface area contributed by atoms with Gasteiger partial charge in [0.05, 0.1) is 4.90 Å². The lowest BCUT2D eigenvalue weighted by molar-refractivity contribution is -0.116. The average molecular weight is 378 g/mol. The summed E-state index contributed by atoms with van der Waals surface area (Å²) in [4.78, 5) is 12.1. The third-order valence-electron chi connectivity index (χ3n) is 3.86. The highest BCUT2D eigenvalue weighted by atomic mass is 35.5. The number of benzene rings is 1. The second-order valence-corrected chi connectivity index (χ2v) is 7.34. The van der Waals surface area contributed by atoms with Gasteiger partial charge >= 0.3 is 0 Å². The number of rotatable bonds is 8. The first-order valence-electron chi connectivity index (χ1n) is 7.83. The van der Waals surface area contributed by atoms with Crippen LogP contribution in [0.1, 0.15) is 31.4 Å². The van der Waals surface area contributed by atoms with Crippen LogP contribution in [0.2, 0.25) is 0 Å². The van der Waals surface area contributed by atoms with Gasteiger partial charge in [-0.05, 0) is 44.2 Å². The molecule has 0 heterocycles. The number of carbonyl (C=O) groups is 1. The number of nitrogens with zero attached hydrogens (tertiary/aromatic N) is 1. The molecule has 0 bridgehead atoms. The first kappa shape index (κ1) is 22.9. The number of nitrogens with one attached hydrogen (secondary N) is 2. The zero-order valence-corrected chi connectivity index (χ0v) is 16.6. The number of amides is 1. The minimum Gasteiger partial charge on any atom is -0.326 e. The Kier molecular flexibility index (Phi) is 9.50. The molecule has 24 heavy (non-hydrogen) atoms. The van der Waals surface area contributed by atoms with Crippen LogP contribution in [0.4, 0.5) is 5.69 Å². The van der Waals surface area contributed by atoms with Crippen LogP contribution >= 0.6 is 12.4 Å². The molecule has 0 saturated heterocycles. The third-order valence-corrected chi connectivity index (χ3v) is 5.89. The van der Waals surface area contributed by atoms with E-state index in [-0.39, 0.29) is 23.2 Å². The van der Waals surface area contributed by atoms with Gasteiger partial charge in [0.15, 0.2) is 0 Å². The highest BCUT2D eigenvalue weighted by molar-refractivity contribution is 7.89. The smallest absolute Gasteiger partial charge is 0.243 e. The summed E-state index contributed by atoms with van der Waals surface area (Å²) in [5.74, 6) is -0.140. The molecule has 2 N–H and O–H groups in total. The van der Waals surface area contributed by atoms with Crippen molar-refractivity contribution in [2.45, 2.75) is 39.0 Å². The van der Waals surface area contributed by atoms with Gasteiger partial charge in [-0.15, -0.1) is 12.4 Å². The monoisotopic (exact) mass is 377 g/mol. The number of anilines is 1. The van der Waals surface area contributed by atoms with Crippen LogP contribution in [0.3, 0.4) is 0 Å². The fraction of sp³-hybridized carbons (Fsp3) is 0.562. The molecule has 1 amide bonds. The van der Waals surface area contributed by atoms with Gasteiger partial charge in [-0.3, -0.25) is 4.79 Å². The molecule has 0 aliphatic rings. The standard InChI is InChI=1S/C16H27N3O3S.ClH/c1-6-19(7-2)23(21,22)14-10-12(3)13(4)15(11-14)18-16(20)8-9-17-5;/h10-11,17H,6-9H2,1-5H3,(H,18,20);1H. The average Bonchev–Trinajstić information content (AvgIpc) is 2.50. The zero-order valence-electron chi connectivity index (χ0n) is 15.0. The summed E-state index contributed by atoms with van der Waals surface area (Å²) < 4.78 is 26.7. The summed E-state index contributed by atoms with van der Waals surface area (Å²) >= 11 is 0. The van der Waals surface area contributed by atoms with Crippen molar-refractivity contribution >= 4 is 34.0 Å². The second-order valence-electron chi connectivity index (χ2n) is 5.40. The molecule has 8 heteroatoms. The van der Waals surface area contributed by atoms with E-state index in [0.717, 1.165) is 11.1 Å². The van der Waals surface area contributed by atoms with Crippen LogP contribution in [-0.4, -0.2) is 45.3 Å². The van der Waals surface area contributed by atoms with Crippen molar-refractivity contribution in [2.75, 3.05) is 32.0 Å². The molecule has 0 atom stereocenters. The van der Waals surface area contributed by atoms with Gasteiger partial charge in [0.25, 0.3) is 0 Å². The quantitative estimate of drug-likeness (QED) is 0.728. The molecule has 0 aliphatic heterocycles. The van der Waals surface area contributed by atoms with Gasteiger partial charge < -0.3 is 10.6 Å². The van der Waals surface area contributed by atoms with E-state index in [1.807, 2.05) is 27.7 Å². The molecule has 138 valence electrons. The van der Waals surface area contributed by atoms with Crippen LogP contribution in [0.15, 0.2) is 17.0 Å². The zero-order chi connectivity index (χ0) is 17.6. The van der Waals surface area contributed by atoms with E-state index in [0.29, 0.717) is 31.7 Å². The number of carbonyl (C=O) groups excluding carboxylic acids is 1. The van der Waals surface area contributed by atoms with Crippen LogP contribution < -0.4 is 10.6 Å². The lowest BCUT2D eigenvalue weighted by Crippen LogP contribution is -2.30. The molecule has 0 saturated carbocycles. The Labute approximate surface area is 151 Å². The molecule has 1 aromatic rings. The Morgan fingerprint density at radius 3 is 2.25 bits per heavy atom. The molecule has 1 rings (SSSR count). The molecule has 0 spiro atoms. The van der Waals surface area contributed by atoms with E-state index >= 15 is 0 Å². The summed E-state index contributed by atoms with van der Waals surface area (Å²) in [6, 6.07) is 3.21. The fourth-order valence-corrected chi connectivity index (χ4v) is 3.84. The van der Waals surface area contributed by atoms with Crippen molar-refractivity contribution in [2.24, 2.45) is 0 Å². The second kappa shape index (κ2) is 9.98. The predicted molar refractivity (Wildman–Crippen MR) is 100 cm³/mol. The lowest BCUT2D eigenvalue weighted by atomic mass is 10.1. The third kappa shape index (κ3) is 5.44. The molecule has 0 unspecified atom stereocenters. The minimum atomic E-state index is -3.55. The van der Waals surface area contributed by atoms with E-state index in [9.17, 15) is 13.2 Å². The number of hydrogen-bond donors (Lipinski definition) is 2. The van der Waals surface area contributed by atoms with E-state index in [1.165, 1.54) is 4.31 Å². The van der Waals surface area contributed by atoms with E-state index < -0.39 is 10.0 Å². The molecule has 0 fully saturated rings. The maximum Gasteiger partial charge on any atom is 0.243 e. The summed E-state index contributed by atoms with van der Waals surface area (Å²) in [5, 5.41) is 5.72. The van der Waals surface area contributed by atoms with Crippen molar-refractivity contribution in [3.05, 3.63) is 23.3 Å². The van der Waals surface area contributed by atoms with Gasteiger partial charge in [0, 0.05) is 31.7 Å². The maximum atomic E-state index is 12.7. The van der Waals surface area contributed by atoms with E-state index in [1.54, 1.807) is 19.2 Å². The summed E-state index contributed by atoms with van der Waals surface area (Å²) in [6.45, 7) is 8.73.